The van der Waals surface area contributed by atoms with Crippen molar-refractivity contribution in [3.8, 4) is 6.07 Å². The summed E-state index contributed by atoms with van der Waals surface area (Å²) < 4.78 is 55.9. The number of carbonyl (C=O) groups excluding carboxylic acids is 2. The number of amides is 1. The molecule has 2 aromatic rings. The Morgan fingerprint density at radius 1 is 1.20 bits per heavy atom. The van der Waals surface area contributed by atoms with Crippen molar-refractivity contribution < 1.29 is 31.2 Å². The van der Waals surface area contributed by atoms with Crippen LogP contribution < -0.4 is 5.32 Å². The molecule has 0 atom stereocenters. The average Bonchev–Trinajstić information content (AvgIpc) is 3.13. The number of nitriles is 1. The first kappa shape index (κ1) is 26.8. The quantitative estimate of drug-likeness (QED) is 0.527. The number of rotatable bonds is 7. The molecule has 13 heteroatoms. The number of nitrogens with one attached hydrogen (secondary N) is 1. The summed E-state index contributed by atoms with van der Waals surface area (Å²) in [6.45, 7) is 3.61. The SMILES string of the molecule is CCOC(=O)c1sc(NC(=O)C2CCN(S(=O)(=O)c3cccc(S(C)(=O)=O)c3)CC2)c(C#N)c1C. The molecule has 0 radical (unpaired) electrons. The van der Waals surface area contributed by atoms with Gasteiger partial charge in [-0.25, -0.2) is 21.6 Å². The Hall–Kier alpha value is -2.79. The molecule has 10 nitrogen and oxygen atoms in total. The largest absolute Gasteiger partial charge is 0.462 e. The molecule has 1 fully saturated rings. The average molecular weight is 540 g/mol. The van der Waals surface area contributed by atoms with Gasteiger partial charge in [0.2, 0.25) is 15.9 Å². The fraction of sp³-hybridized carbons (Fsp3) is 0.409. The van der Waals surface area contributed by atoms with Crippen LogP contribution in [-0.2, 0) is 29.4 Å². The number of benzene rings is 1. The Morgan fingerprint density at radius 2 is 1.83 bits per heavy atom. The van der Waals surface area contributed by atoms with Crippen molar-refractivity contribution in [2.45, 2.75) is 36.5 Å². The lowest BCUT2D eigenvalue weighted by molar-refractivity contribution is -0.120. The van der Waals surface area contributed by atoms with Gasteiger partial charge in [-0.1, -0.05) is 6.07 Å². The third-order valence-electron chi connectivity index (χ3n) is 5.65. The lowest BCUT2D eigenvalue weighted by Gasteiger charge is -2.30. The summed E-state index contributed by atoms with van der Waals surface area (Å²) in [5, 5.41) is 12.5. The summed E-state index contributed by atoms with van der Waals surface area (Å²) >= 11 is 0.972. The van der Waals surface area contributed by atoms with Crippen molar-refractivity contribution in [1.82, 2.24) is 4.31 Å². The molecule has 188 valence electrons. The number of anilines is 1. The molecule has 1 saturated heterocycles. The van der Waals surface area contributed by atoms with Gasteiger partial charge in [-0.2, -0.15) is 9.57 Å². The number of piperidine rings is 1. The Bertz CT molecular complexity index is 1400. The van der Waals surface area contributed by atoms with E-state index in [1.165, 1.54) is 22.5 Å². The lowest BCUT2D eigenvalue weighted by Crippen LogP contribution is -2.41. The summed E-state index contributed by atoms with van der Waals surface area (Å²) in [6.07, 6.45) is 1.49. The summed E-state index contributed by atoms with van der Waals surface area (Å²) in [4.78, 5) is 25.0. The minimum Gasteiger partial charge on any atom is -0.462 e. The van der Waals surface area contributed by atoms with Gasteiger partial charge >= 0.3 is 5.97 Å². The summed E-state index contributed by atoms with van der Waals surface area (Å²) in [6, 6.07) is 7.19. The summed E-state index contributed by atoms with van der Waals surface area (Å²) in [7, 11) is -7.50. The van der Waals surface area contributed by atoms with Crippen LogP contribution in [-0.4, -0.2) is 59.0 Å². The van der Waals surface area contributed by atoms with Crippen molar-refractivity contribution >= 4 is 48.1 Å². The summed E-state index contributed by atoms with van der Waals surface area (Å²) in [5.74, 6) is -1.43. The maximum absolute atomic E-state index is 13.0. The third-order valence-corrected chi connectivity index (χ3v) is 9.84. The molecule has 0 bridgehead atoms. The van der Waals surface area contributed by atoms with Crippen LogP contribution in [0, 0.1) is 24.2 Å². The van der Waals surface area contributed by atoms with Gasteiger partial charge in [0.25, 0.3) is 0 Å². The van der Waals surface area contributed by atoms with Gasteiger partial charge in [0.15, 0.2) is 9.84 Å². The number of carbonyl (C=O) groups is 2. The highest BCUT2D eigenvalue weighted by atomic mass is 32.2. The molecular weight excluding hydrogens is 514 g/mol. The van der Waals surface area contributed by atoms with Crippen LogP contribution in [0.2, 0.25) is 0 Å². The maximum atomic E-state index is 13.0. The van der Waals surface area contributed by atoms with Crippen LogP contribution in [0.15, 0.2) is 34.1 Å². The Labute approximate surface area is 208 Å². The minimum absolute atomic E-state index is 0.0756. The molecule has 2 heterocycles. The second kappa shape index (κ2) is 10.4. The second-order valence-electron chi connectivity index (χ2n) is 8.01. The zero-order valence-electron chi connectivity index (χ0n) is 19.4. The van der Waals surface area contributed by atoms with Gasteiger partial charge in [0.1, 0.15) is 15.9 Å². The second-order valence-corrected chi connectivity index (χ2v) is 13.0. The van der Waals surface area contributed by atoms with E-state index >= 15 is 0 Å². The number of hydrogen-bond acceptors (Lipinski definition) is 9. The number of thiophene rings is 1. The van der Waals surface area contributed by atoms with E-state index in [1.54, 1.807) is 13.8 Å². The van der Waals surface area contributed by atoms with E-state index in [1.807, 2.05) is 6.07 Å². The van der Waals surface area contributed by atoms with Crippen molar-refractivity contribution in [2.24, 2.45) is 5.92 Å². The number of esters is 1. The predicted octanol–water partition coefficient (Wildman–Crippen LogP) is 2.55. The zero-order valence-corrected chi connectivity index (χ0v) is 21.8. The standard InChI is InChI=1S/C22H25N3O7S3/c1-4-32-22(27)19-14(2)18(13-23)21(33-19)24-20(26)15-8-10-25(11-9-15)35(30,31)17-7-5-6-16(12-17)34(3,28)29/h5-7,12,15H,4,8-11H2,1-3H3,(H,24,26). The Kier molecular flexibility index (Phi) is 8.00. The van der Waals surface area contributed by atoms with E-state index < -0.39 is 31.7 Å². The molecule has 1 amide bonds. The number of sulfone groups is 1. The van der Waals surface area contributed by atoms with Crippen molar-refractivity contribution in [3.05, 3.63) is 40.3 Å². The first-order chi connectivity index (χ1) is 16.4. The molecule has 1 aromatic heterocycles. The van der Waals surface area contributed by atoms with Gasteiger partial charge in [0, 0.05) is 25.3 Å². The normalized spacial score (nSPS) is 15.4. The lowest BCUT2D eigenvalue weighted by atomic mass is 9.97. The molecule has 1 aromatic carbocycles. The maximum Gasteiger partial charge on any atom is 0.348 e. The highest BCUT2D eigenvalue weighted by Crippen LogP contribution is 2.34. The van der Waals surface area contributed by atoms with Crippen LogP contribution in [0.4, 0.5) is 5.00 Å². The van der Waals surface area contributed by atoms with Crippen molar-refractivity contribution in [3.63, 3.8) is 0 Å². The number of ether oxygens (including phenoxy) is 1. The van der Waals surface area contributed by atoms with E-state index in [-0.39, 0.29) is 63.7 Å². The van der Waals surface area contributed by atoms with Crippen LogP contribution >= 0.6 is 11.3 Å². The third kappa shape index (κ3) is 5.72. The number of hydrogen-bond donors (Lipinski definition) is 1. The first-order valence-corrected chi connectivity index (χ1v) is 14.9. The van der Waals surface area contributed by atoms with Crippen LogP contribution in [0.3, 0.4) is 0 Å². The molecule has 0 saturated carbocycles. The first-order valence-electron chi connectivity index (χ1n) is 10.7. The molecule has 35 heavy (non-hydrogen) atoms. The van der Waals surface area contributed by atoms with E-state index in [4.69, 9.17) is 4.74 Å². The Balaban J connectivity index is 1.71. The van der Waals surface area contributed by atoms with Gasteiger partial charge in [-0.15, -0.1) is 11.3 Å². The molecule has 1 aliphatic heterocycles. The van der Waals surface area contributed by atoms with E-state index in [9.17, 15) is 31.7 Å². The fourth-order valence-electron chi connectivity index (χ4n) is 3.71. The van der Waals surface area contributed by atoms with Crippen molar-refractivity contribution in [2.75, 3.05) is 31.3 Å². The number of nitrogens with zero attached hydrogens (tertiary/aromatic N) is 2. The van der Waals surface area contributed by atoms with Gasteiger partial charge in [0.05, 0.1) is 22.0 Å². The van der Waals surface area contributed by atoms with Crippen LogP contribution in [0.5, 0.6) is 0 Å². The minimum atomic E-state index is -3.94. The molecular formula is C22H25N3O7S3. The van der Waals surface area contributed by atoms with Gasteiger partial charge in [-0.05, 0) is 50.5 Å². The Morgan fingerprint density at radius 3 is 2.40 bits per heavy atom. The molecule has 0 unspecified atom stereocenters. The highest BCUT2D eigenvalue weighted by molar-refractivity contribution is 7.91. The van der Waals surface area contributed by atoms with Crippen LogP contribution in [0.25, 0.3) is 0 Å². The van der Waals surface area contributed by atoms with E-state index in [0.29, 0.717) is 5.56 Å². The van der Waals surface area contributed by atoms with E-state index in [2.05, 4.69) is 5.32 Å². The topological polar surface area (TPSA) is 151 Å². The monoisotopic (exact) mass is 539 g/mol. The zero-order chi connectivity index (χ0) is 26.0. The van der Waals surface area contributed by atoms with Crippen molar-refractivity contribution in [1.29, 1.82) is 5.26 Å². The predicted molar refractivity (Wildman–Crippen MR) is 129 cm³/mol. The molecule has 1 N–H and O–H groups in total. The van der Waals surface area contributed by atoms with Gasteiger partial charge in [-0.3, -0.25) is 4.79 Å². The smallest absolute Gasteiger partial charge is 0.348 e. The fourth-order valence-corrected chi connectivity index (χ4v) is 7.03. The molecule has 0 aliphatic carbocycles. The van der Waals surface area contributed by atoms with E-state index in [0.717, 1.165) is 23.7 Å². The molecule has 0 spiro atoms. The molecule has 1 aliphatic rings. The number of sulfonamides is 1. The summed E-state index contributed by atoms with van der Waals surface area (Å²) in [5.41, 5.74) is 0.626. The van der Waals surface area contributed by atoms with Gasteiger partial charge < -0.3 is 10.1 Å². The van der Waals surface area contributed by atoms with Crippen LogP contribution in [0.1, 0.15) is 40.6 Å². The molecule has 3 rings (SSSR count). The highest BCUT2D eigenvalue weighted by Gasteiger charge is 2.33.